The number of hydrogen-bond acceptors (Lipinski definition) is 3. The number of carboxylic acids is 1. The van der Waals surface area contributed by atoms with Crippen LogP contribution < -0.4 is 11.2 Å². The standard InChI is InChI=1S/C27H27N3O4/c1-18(2)15-30-23-17-29(16-20-11-8-10-19-9-4-5-12-21(19)20)22(13-6-7-14-24(31)32)25(23)26(33)28(3)27(30)34/h4-5,8-12,17-18H,7,14-16H2,1-3H3,(H,31,32). The van der Waals surface area contributed by atoms with E-state index in [0.717, 1.165) is 20.9 Å². The summed E-state index contributed by atoms with van der Waals surface area (Å²) in [7, 11) is 1.48. The van der Waals surface area contributed by atoms with Crippen molar-refractivity contribution in [2.45, 2.75) is 39.8 Å². The van der Waals surface area contributed by atoms with Crippen LogP contribution in [0.1, 0.15) is 37.9 Å². The number of carboxylic acid groups (broad SMARTS) is 1. The molecule has 7 heteroatoms. The Hall–Kier alpha value is -4.05. The fourth-order valence-electron chi connectivity index (χ4n) is 4.23. The Morgan fingerprint density at radius 2 is 1.82 bits per heavy atom. The monoisotopic (exact) mass is 457 g/mol. The Labute approximate surface area is 196 Å². The first-order chi connectivity index (χ1) is 16.3. The molecule has 174 valence electrons. The maximum atomic E-state index is 13.2. The normalized spacial score (nSPS) is 11.2. The van der Waals surface area contributed by atoms with Gasteiger partial charge in [-0.2, -0.15) is 0 Å². The summed E-state index contributed by atoms with van der Waals surface area (Å²) in [6, 6.07) is 14.2. The van der Waals surface area contributed by atoms with Gasteiger partial charge < -0.3 is 9.67 Å². The Bertz CT molecular complexity index is 1570. The number of carbonyl (C=O) groups is 1. The van der Waals surface area contributed by atoms with Gasteiger partial charge in [0.1, 0.15) is 5.69 Å². The highest BCUT2D eigenvalue weighted by molar-refractivity contribution is 5.87. The molecule has 0 radical (unpaired) electrons. The van der Waals surface area contributed by atoms with Crippen LogP contribution in [0.3, 0.4) is 0 Å². The molecule has 0 aliphatic carbocycles. The molecule has 0 fully saturated rings. The first-order valence-corrected chi connectivity index (χ1v) is 11.3. The molecule has 0 saturated heterocycles. The van der Waals surface area contributed by atoms with Crippen molar-refractivity contribution in [3.8, 4) is 11.8 Å². The minimum atomic E-state index is -0.924. The molecule has 0 bridgehead atoms. The van der Waals surface area contributed by atoms with E-state index in [0.29, 0.717) is 29.7 Å². The third-order valence-corrected chi connectivity index (χ3v) is 5.82. The van der Waals surface area contributed by atoms with Crippen molar-refractivity contribution in [3.63, 3.8) is 0 Å². The smallest absolute Gasteiger partial charge is 0.331 e. The minimum absolute atomic E-state index is 0.0783. The fraction of sp³-hybridized carbons (Fsp3) is 0.296. The van der Waals surface area contributed by atoms with E-state index in [2.05, 4.69) is 17.9 Å². The summed E-state index contributed by atoms with van der Waals surface area (Å²) >= 11 is 0. The van der Waals surface area contributed by atoms with E-state index in [4.69, 9.17) is 5.11 Å². The number of fused-ring (bicyclic) bond motifs is 2. The van der Waals surface area contributed by atoms with Gasteiger partial charge in [-0.15, -0.1) is 0 Å². The van der Waals surface area contributed by atoms with Crippen LogP contribution in [0.5, 0.6) is 0 Å². The molecule has 0 amide bonds. The molecule has 0 saturated carbocycles. The van der Waals surface area contributed by atoms with E-state index in [1.54, 1.807) is 4.57 Å². The van der Waals surface area contributed by atoms with Crippen LogP contribution in [-0.2, 0) is 24.9 Å². The predicted molar refractivity (Wildman–Crippen MR) is 133 cm³/mol. The molecule has 1 N–H and O–H groups in total. The summed E-state index contributed by atoms with van der Waals surface area (Å²) in [5, 5.41) is 11.5. The molecule has 2 aromatic heterocycles. The zero-order chi connectivity index (χ0) is 24.4. The Balaban J connectivity index is 1.96. The molecule has 2 heterocycles. The van der Waals surface area contributed by atoms with Gasteiger partial charge in [-0.1, -0.05) is 62.2 Å². The van der Waals surface area contributed by atoms with Crippen molar-refractivity contribution in [3.05, 3.63) is 80.8 Å². The highest BCUT2D eigenvalue weighted by Gasteiger charge is 2.19. The van der Waals surface area contributed by atoms with Crippen LogP contribution in [0.4, 0.5) is 0 Å². The van der Waals surface area contributed by atoms with Crippen LogP contribution in [0.2, 0.25) is 0 Å². The second-order valence-corrected chi connectivity index (χ2v) is 8.85. The van der Waals surface area contributed by atoms with E-state index >= 15 is 0 Å². The molecular weight excluding hydrogens is 430 g/mol. The summed E-state index contributed by atoms with van der Waals surface area (Å²) in [6.45, 7) is 4.96. The van der Waals surface area contributed by atoms with E-state index in [-0.39, 0.29) is 24.4 Å². The maximum Gasteiger partial charge on any atom is 0.331 e. The Kier molecular flexibility index (Phi) is 6.42. The van der Waals surface area contributed by atoms with Crippen LogP contribution in [-0.4, -0.2) is 24.8 Å². The summed E-state index contributed by atoms with van der Waals surface area (Å²) in [5.41, 5.74) is 1.33. The lowest BCUT2D eigenvalue weighted by molar-refractivity contribution is -0.136. The molecule has 2 aromatic carbocycles. The Morgan fingerprint density at radius 1 is 1.09 bits per heavy atom. The van der Waals surface area contributed by atoms with Crippen molar-refractivity contribution >= 4 is 27.6 Å². The third-order valence-electron chi connectivity index (χ3n) is 5.82. The Morgan fingerprint density at radius 3 is 2.56 bits per heavy atom. The average Bonchev–Trinajstić information content (AvgIpc) is 3.16. The van der Waals surface area contributed by atoms with Crippen LogP contribution in [0, 0.1) is 17.8 Å². The molecular formula is C27H27N3O4. The van der Waals surface area contributed by atoms with Crippen molar-refractivity contribution < 1.29 is 9.90 Å². The second-order valence-electron chi connectivity index (χ2n) is 8.85. The van der Waals surface area contributed by atoms with Gasteiger partial charge in [0.15, 0.2) is 0 Å². The van der Waals surface area contributed by atoms with Crippen molar-refractivity contribution in [2.24, 2.45) is 13.0 Å². The molecule has 4 aromatic rings. The van der Waals surface area contributed by atoms with Gasteiger partial charge in [-0.25, -0.2) is 4.79 Å². The highest BCUT2D eigenvalue weighted by atomic mass is 16.4. The topological polar surface area (TPSA) is 86.2 Å². The van der Waals surface area contributed by atoms with Crippen molar-refractivity contribution in [2.75, 3.05) is 0 Å². The van der Waals surface area contributed by atoms with Crippen LogP contribution in [0.25, 0.3) is 21.7 Å². The predicted octanol–water partition coefficient (Wildman–Crippen LogP) is 3.58. The van der Waals surface area contributed by atoms with E-state index in [9.17, 15) is 14.4 Å². The van der Waals surface area contributed by atoms with E-state index in [1.165, 1.54) is 7.05 Å². The maximum absolute atomic E-state index is 13.2. The molecule has 7 nitrogen and oxygen atoms in total. The number of nitrogens with zero attached hydrogens (tertiary/aromatic N) is 3. The largest absolute Gasteiger partial charge is 0.481 e. The second kappa shape index (κ2) is 9.44. The quantitative estimate of drug-likeness (QED) is 0.449. The summed E-state index contributed by atoms with van der Waals surface area (Å²) in [4.78, 5) is 37.1. The zero-order valence-corrected chi connectivity index (χ0v) is 19.5. The molecule has 34 heavy (non-hydrogen) atoms. The summed E-state index contributed by atoms with van der Waals surface area (Å²) in [5.74, 6) is 5.23. The fourth-order valence-corrected chi connectivity index (χ4v) is 4.23. The van der Waals surface area contributed by atoms with Gasteiger partial charge in [0.25, 0.3) is 5.56 Å². The lowest BCUT2D eigenvalue weighted by atomic mass is 10.0. The molecule has 0 aliphatic heterocycles. The molecule has 4 rings (SSSR count). The van der Waals surface area contributed by atoms with Gasteiger partial charge in [-0.05, 0) is 28.2 Å². The lowest BCUT2D eigenvalue weighted by Gasteiger charge is -2.11. The van der Waals surface area contributed by atoms with Gasteiger partial charge in [0.05, 0.1) is 17.3 Å². The number of hydrogen-bond donors (Lipinski definition) is 1. The van der Waals surface area contributed by atoms with E-state index in [1.807, 2.05) is 61.0 Å². The SMILES string of the molecule is CC(C)Cn1c(=O)n(C)c(=O)c2c(C#CCCC(=O)O)n(Cc3cccc4ccccc34)cc21. The van der Waals surface area contributed by atoms with E-state index < -0.39 is 11.5 Å². The van der Waals surface area contributed by atoms with Gasteiger partial charge >= 0.3 is 11.7 Å². The van der Waals surface area contributed by atoms with Gasteiger partial charge in [0, 0.05) is 32.8 Å². The number of aromatic nitrogens is 3. The zero-order valence-electron chi connectivity index (χ0n) is 19.5. The number of aliphatic carboxylic acids is 1. The van der Waals surface area contributed by atoms with Crippen LogP contribution >= 0.6 is 0 Å². The number of benzene rings is 2. The van der Waals surface area contributed by atoms with Crippen molar-refractivity contribution in [1.29, 1.82) is 0 Å². The third kappa shape index (κ3) is 4.40. The molecule has 0 aliphatic rings. The van der Waals surface area contributed by atoms with Crippen molar-refractivity contribution in [1.82, 2.24) is 13.7 Å². The first-order valence-electron chi connectivity index (χ1n) is 11.3. The van der Waals surface area contributed by atoms with Gasteiger partial charge in [0.2, 0.25) is 0 Å². The van der Waals surface area contributed by atoms with Gasteiger partial charge in [-0.3, -0.25) is 18.7 Å². The summed E-state index contributed by atoms with van der Waals surface area (Å²) < 4.78 is 4.65. The first kappa shape index (κ1) is 23.1. The lowest BCUT2D eigenvalue weighted by Crippen LogP contribution is -2.38. The van der Waals surface area contributed by atoms with Crippen LogP contribution in [0.15, 0.2) is 58.3 Å². The summed E-state index contributed by atoms with van der Waals surface area (Å²) in [6.07, 6.45) is 1.91. The molecule has 0 atom stereocenters. The minimum Gasteiger partial charge on any atom is -0.481 e. The number of rotatable bonds is 6. The highest BCUT2D eigenvalue weighted by Crippen LogP contribution is 2.23. The average molecular weight is 458 g/mol. The molecule has 0 spiro atoms. The molecule has 0 unspecified atom stereocenters.